The number of likely N-dealkylation sites (tertiary alicyclic amines) is 1. The molecule has 0 amide bonds. The summed E-state index contributed by atoms with van der Waals surface area (Å²) in [5, 5.41) is 13.8. The Balaban J connectivity index is 2.00. The van der Waals surface area contributed by atoms with Crippen LogP contribution in [0.2, 0.25) is 0 Å². The van der Waals surface area contributed by atoms with Gasteiger partial charge in [0.2, 0.25) is 0 Å². The summed E-state index contributed by atoms with van der Waals surface area (Å²) < 4.78 is 0. The van der Waals surface area contributed by atoms with Crippen LogP contribution in [0.5, 0.6) is 0 Å². The zero-order chi connectivity index (χ0) is 14.8. The molecule has 2 unspecified atom stereocenters. The lowest BCUT2D eigenvalue weighted by Gasteiger charge is -2.38. The summed E-state index contributed by atoms with van der Waals surface area (Å²) >= 11 is 3.45. The molecule has 21 heavy (non-hydrogen) atoms. The number of carboxylic acid groups (broad SMARTS) is 1. The molecule has 1 N–H and O–H groups in total. The van der Waals surface area contributed by atoms with E-state index in [2.05, 4.69) is 34.7 Å². The highest BCUT2D eigenvalue weighted by Gasteiger charge is 2.35. The number of carboxylic acids is 1. The van der Waals surface area contributed by atoms with Crippen LogP contribution in [-0.4, -0.2) is 28.6 Å². The molecule has 2 aromatic heterocycles. The Kier molecular flexibility index (Phi) is 4.42. The van der Waals surface area contributed by atoms with Crippen LogP contribution in [0.4, 0.5) is 0 Å². The van der Waals surface area contributed by atoms with Gasteiger partial charge in [-0.25, -0.2) is 0 Å². The molecule has 5 heteroatoms. The second-order valence-electron chi connectivity index (χ2n) is 5.53. The number of hydrogen-bond acceptors (Lipinski definition) is 4. The van der Waals surface area contributed by atoms with Gasteiger partial charge in [-0.1, -0.05) is 12.5 Å². The quantitative estimate of drug-likeness (QED) is 0.920. The summed E-state index contributed by atoms with van der Waals surface area (Å²) in [5.74, 6) is -0.690. The molecule has 1 aliphatic heterocycles. The molecule has 1 aliphatic rings. The first-order chi connectivity index (χ1) is 10.2. The van der Waals surface area contributed by atoms with Crippen molar-refractivity contribution in [2.45, 2.75) is 38.3 Å². The van der Waals surface area contributed by atoms with Gasteiger partial charge >= 0.3 is 5.97 Å². The Morgan fingerprint density at radius 1 is 1.38 bits per heavy atom. The number of carbonyl (C=O) groups is 1. The van der Waals surface area contributed by atoms with Crippen molar-refractivity contribution in [3.8, 4) is 0 Å². The fraction of sp³-hybridized carbons (Fsp3) is 0.438. The molecule has 2 atom stereocenters. The molecular formula is C16H19NO2S2. The summed E-state index contributed by atoms with van der Waals surface area (Å²) in [6, 6.07) is 6.09. The molecule has 0 aromatic carbocycles. The molecule has 1 fully saturated rings. The van der Waals surface area contributed by atoms with Crippen LogP contribution in [0.3, 0.4) is 0 Å². The molecule has 0 radical (unpaired) electrons. The van der Waals surface area contributed by atoms with E-state index in [1.165, 1.54) is 15.3 Å². The van der Waals surface area contributed by atoms with Crippen molar-refractivity contribution in [3.63, 3.8) is 0 Å². The van der Waals surface area contributed by atoms with Crippen LogP contribution >= 0.6 is 22.7 Å². The van der Waals surface area contributed by atoms with Gasteiger partial charge in [0.05, 0.1) is 6.04 Å². The molecule has 1 saturated heterocycles. The minimum absolute atomic E-state index is 0.0881. The van der Waals surface area contributed by atoms with Crippen molar-refractivity contribution in [1.82, 2.24) is 4.90 Å². The Bertz CT molecular complexity index is 606. The number of rotatable bonds is 4. The molecule has 3 nitrogen and oxygen atoms in total. The lowest BCUT2D eigenvalue weighted by molar-refractivity contribution is -0.145. The minimum Gasteiger partial charge on any atom is -0.480 e. The van der Waals surface area contributed by atoms with Crippen LogP contribution in [-0.2, 0) is 4.79 Å². The Morgan fingerprint density at radius 2 is 2.24 bits per heavy atom. The Hall–Kier alpha value is -1.17. The van der Waals surface area contributed by atoms with Gasteiger partial charge in [0, 0.05) is 9.75 Å². The molecule has 0 bridgehead atoms. The largest absolute Gasteiger partial charge is 0.480 e. The third-order valence-electron chi connectivity index (χ3n) is 3.99. The third-order valence-corrected chi connectivity index (χ3v) is 6.02. The highest BCUT2D eigenvalue weighted by molar-refractivity contribution is 7.11. The van der Waals surface area contributed by atoms with E-state index < -0.39 is 5.97 Å². The lowest BCUT2D eigenvalue weighted by Crippen LogP contribution is -2.46. The SMILES string of the molecule is Cc1csc(C(c2cccs2)N2CCCCC2C(=O)O)c1. The highest BCUT2D eigenvalue weighted by atomic mass is 32.1. The van der Waals surface area contributed by atoms with Crippen molar-refractivity contribution < 1.29 is 9.90 Å². The van der Waals surface area contributed by atoms with Gasteiger partial charge in [-0.2, -0.15) is 0 Å². The first-order valence-corrected chi connectivity index (χ1v) is 8.99. The van der Waals surface area contributed by atoms with Gasteiger partial charge < -0.3 is 5.11 Å². The van der Waals surface area contributed by atoms with E-state index in [-0.39, 0.29) is 12.1 Å². The molecule has 112 valence electrons. The first kappa shape index (κ1) is 14.8. The molecule has 2 aromatic rings. The van der Waals surface area contributed by atoms with E-state index in [0.717, 1.165) is 25.8 Å². The molecular weight excluding hydrogens is 302 g/mol. The van der Waals surface area contributed by atoms with Crippen LogP contribution < -0.4 is 0 Å². The number of aryl methyl sites for hydroxylation is 1. The van der Waals surface area contributed by atoms with E-state index in [0.29, 0.717) is 0 Å². The maximum Gasteiger partial charge on any atom is 0.320 e. The third kappa shape index (κ3) is 3.05. The predicted octanol–water partition coefficient (Wildman–Crippen LogP) is 4.15. The van der Waals surface area contributed by atoms with Gasteiger partial charge in [0.25, 0.3) is 0 Å². The normalized spacial score (nSPS) is 21.3. The van der Waals surface area contributed by atoms with Crippen LogP contribution in [0, 0.1) is 6.92 Å². The maximum atomic E-state index is 11.6. The lowest BCUT2D eigenvalue weighted by atomic mass is 9.98. The Morgan fingerprint density at radius 3 is 2.86 bits per heavy atom. The van der Waals surface area contributed by atoms with Gasteiger partial charge in [0.1, 0.15) is 6.04 Å². The van der Waals surface area contributed by atoms with Gasteiger partial charge in [-0.15, -0.1) is 22.7 Å². The number of hydrogen-bond donors (Lipinski definition) is 1. The summed E-state index contributed by atoms with van der Waals surface area (Å²) in [4.78, 5) is 16.3. The van der Waals surface area contributed by atoms with E-state index in [4.69, 9.17) is 0 Å². The maximum absolute atomic E-state index is 11.6. The number of thiophene rings is 2. The summed E-state index contributed by atoms with van der Waals surface area (Å²) in [5.41, 5.74) is 1.25. The van der Waals surface area contributed by atoms with E-state index >= 15 is 0 Å². The summed E-state index contributed by atoms with van der Waals surface area (Å²) in [7, 11) is 0. The first-order valence-electron chi connectivity index (χ1n) is 7.24. The van der Waals surface area contributed by atoms with Crippen LogP contribution in [0.25, 0.3) is 0 Å². The van der Waals surface area contributed by atoms with Crippen molar-refractivity contribution >= 4 is 28.6 Å². The summed E-state index contributed by atoms with van der Waals surface area (Å²) in [6.07, 6.45) is 2.84. The average Bonchev–Trinajstić information content (AvgIpc) is 3.12. The Labute approximate surface area is 132 Å². The van der Waals surface area contributed by atoms with Gasteiger partial charge in [0.15, 0.2) is 0 Å². The number of nitrogens with zero attached hydrogens (tertiary/aromatic N) is 1. The summed E-state index contributed by atoms with van der Waals surface area (Å²) in [6.45, 7) is 2.95. The monoisotopic (exact) mass is 321 g/mol. The molecule has 0 aliphatic carbocycles. The van der Waals surface area contributed by atoms with E-state index in [9.17, 15) is 9.90 Å². The zero-order valence-electron chi connectivity index (χ0n) is 12.0. The van der Waals surface area contributed by atoms with Crippen molar-refractivity contribution in [1.29, 1.82) is 0 Å². The average molecular weight is 321 g/mol. The van der Waals surface area contributed by atoms with E-state index in [1.807, 2.05) is 6.07 Å². The number of aliphatic carboxylic acids is 1. The number of piperidine rings is 1. The van der Waals surface area contributed by atoms with Gasteiger partial charge in [-0.3, -0.25) is 9.69 Å². The fourth-order valence-corrected chi connectivity index (χ4v) is 5.01. The predicted molar refractivity (Wildman–Crippen MR) is 87.2 cm³/mol. The molecule has 0 saturated carbocycles. The van der Waals surface area contributed by atoms with E-state index in [1.54, 1.807) is 22.7 Å². The smallest absolute Gasteiger partial charge is 0.320 e. The fourth-order valence-electron chi connectivity index (χ4n) is 3.04. The molecule has 3 heterocycles. The molecule has 0 spiro atoms. The zero-order valence-corrected chi connectivity index (χ0v) is 13.6. The van der Waals surface area contributed by atoms with Crippen molar-refractivity contribution in [2.75, 3.05) is 6.54 Å². The van der Waals surface area contributed by atoms with Crippen LogP contribution in [0.15, 0.2) is 29.0 Å². The van der Waals surface area contributed by atoms with Gasteiger partial charge in [-0.05, 0) is 54.8 Å². The highest BCUT2D eigenvalue weighted by Crippen LogP contribution is 2.38. The van der Waals surface area contributed by atoms with Crippen molar-refractivity contribution in [2.24, 2.45) is 0 Å². The standard InChI is InChI=1S/C16H19NO2S2/c1-11-9-14(21-10-11)15(13-6-4-8-20-13)17-7-3-2-5-12(17)16(18)19/h4,6,8-10,12,15H,2-3,5,7H2,1H3,(H,18,19). The van der Waals surface area contributed by atoms with Crippen LogP contribution in [0.1, 0.15) is 40.6 Å². The van der Waals surface area contributed by atoms with Crippen molar-refractivity contribution in [3.05, 3.63) is 44.3 Å². The second-order valence-corrected chi connectivity index (χ2v) is 7.45. The second kappa shape index (κ2) is 6.30. The molecule has 3 rings (SSSR count). The topological polar surface area (TPSA) is 40.5 Å². The minimum atomic E-state index is -0.690.